The monoisotopic (exact) mass is 405 g/mol. The number of aromatic nitrogens is 2. The first kappa shape index (κ1) is 17.0. The summed E-state index contributed by atoms with van der Waals surface area (Å²) in [6.45, 7) is 0. The fourth-order valence-electron chi connectivity index (χ4n) is 3.08. The van der Waals surface area contributed by atoms with E-state index in [0.717, 1.165) is 27.6 Å². The minimum atomic E-state index is 0.418. The molecule has 0 aliphatic carbocycles. The Morgan fingerprint density at radius 2 is 1.71 bits per heavy atom. The van der Waals surface area contributed by atoms with Crippen LogP contribution in [0.1, 0.15) is 0 Å². The Morgan fingerprint density at radius 3 is 2.57 bits per heavy atom. The molecule has 0 aliphatic rings. The van der Waals surface area contributed by atoms with Gasteiger partial charge in [-0.05, 0) is 42.5 Å². The molecule has 0 unspecified atom stereocenters. The third-order valence-corrected chi connectivity index (χ3v) is 4.97. The lowest BCUT2D eigenvalue weighted by molar-refractivity contribution is 0.547. The van der Waals surface area contributed by atoms with E-state index in [4.69, 9.17) is 32.6 Å². The molecular weight excluding hydrogens is 393 g/mol. The number of halogens is 2. The van der Waals surface area contributed by atoms with Gasteiger partial charge in [0.2, 0.25) is 5.55 Å². The van der Waals surface area contributed by atoms with Crippen LogP contribution in [0.2, 0.25) is 10.0 Å². The van der Waals surface area contributed by atoms with Gasteiger partial charge in [0, 0.05) is 10.4 Å². The minimum Gasteiger partial charge on any atom is -0.438 e. The molecule has 4 nitrogen and oxygen atoms in total. The van der Waals surface area contributed by atoms with E-state index in [9.17, 15) is 0 Å². The Bertz CT molecular complexity index is 1370. The summed E-state index contributed by atoms with van der Waals surface area (Å²) in [5.41, 5.74) is 4.29. The summed E-state index contributed by atoms with van der Waals surface area (Å²) in [6, 6.07) is 22.8. The van der Waals surface area contributed by atoms with Gasteiger partial charge >= 0.3 is 0 Å². The van der Waals surface area contributed by atoms with E-state index >= 15 is 0 Å². The van der Waals surface area contributed by atoms with Crippen molar-refractivity contribution in [2.75, 3.05) is 0 Å². The largest absolute Gasteiger partial charge is 0.438 e. The first-order chi connectivity index (χ1) is 13.7. The van der Waals surface area contributed by atoms with Crippen molar-refractivity contribution >= 4 is 50.9 Å². The van der Waals surface area contributed by atoms with E-state index in [1.54, 1.807) is 18.2 Å². The molecule has 2 heterocycles. The second-order valence-corrected chi connectivity index (χ2v) is 7.16. The molecule has 0 amide bonds. The number of rotatable bonds is 2. The molecule has 6 heteroatoms. The van der Waals surface area contributed by atoms with Crippen molar-refractivity contribution in [3.05, 3.63) is 88.4 Å². The minimum absolute atomic E-state index is 0.418. The average molecular weight is 406 g/mol. The Hall–Kier alpha value is -3.08. The maximum absolute atomic E-state index is 6.32. The second-order valence-electron chi connectivity index (χ2n) is 6.31. The normalized spacial score (nSPS) is 12.1. The summed E-state index contributed by atoms with van der Waals surface area (Å²) in [7, 11) is 0. The summed E-state index contributed by atoms with van der Waals surface area (Å²) in [5.74, 6) is 0.680. The van der Waals surface area contributed by atoms with Crippen LogP contribution in [0.15, 0.2) is 82.2 Å². The van der Waals surface area contributed by atoms with Crippen molar-refractivity contribution < 1.29 is 4.42 Å². The molecule has 0 radical (unpaired) electrons. The van der Waals surface area contributed by atoms with E-state index in [1.807, 2.05) is 54.6 Å². The zero-order valence-corrected chi connectivity index (χ0v) is 16.0. The van der Waals surface area contributed by atoms with Crippen LogP contribution in [0.3, 0.4) is 0 Å². The number of benzene rings is 3. The van der Waals surface area contributed by atoms with E-state index in [1.165, 1.54) is 0 Å². The van der Waals surface area contributed by atoms with E-state index in [0.29, 0.717) is 27.1 Å². The molecule has 0 saturated heterocycles. The summed E-state index contributed by atoms with van der Waals surface area (Å²) in [4.78, 5) is 12.7. The van der Waals surface area contributed by atoms with Crippen LogP contribution in [0, 0.1) is 0 Å². The van der Waals surface area contributed by atoms with Crippen LogP contribution >= 0.6 is 23.2 Å². The van der Waals surface area contributed by atoms with Crippen molar-refractivity contribution in [1.29, 1.82) is 0 Å². The topological polar surface area (TPSA) is 54.2 Å². The molecule has 5 aromatic rings. The molecule has 136 valence electrons. The number of nitrogens with one attached hydrogen (secondary N) is 1. The predicted molar refractivity (Wildman–Crippen MR) is 113 cm³/mol. The Morgan fingerprint density at radius 1 is 0.893 bits per heavy atom. The smallest absolute Gasteiger partial charge is 0.230 e. The van der Waals surface area contributed by atoms with Gasteiger partial charge in [0.15, 0.2) is 0 Å². The van der Waals surface area contributed by atoms with Crippen LogP contribution < -0.4 is 5.55 Å². The van der Waals surface area contributed by atoms with Crippen molar-refractivity contribution in [3.63, 3.8) is 0 Å². The highest BCUT2D eigenvalue weighted by Gasteiger charge is 2.12. The van der Waals surface area contributed by atoms with Gasteiger partial charge in [-0.15, -0.1) is 0 Å². The Balaban J connectivity index is 1.81. The predicted octanol–water partition coefficient (Wildman–Crippen LogP) is 6.52. The molecule has 0 spiro atoms. The summed E-state index contributed by atoms with van der Waals surface area (Å²) >= 11 is 12.3. The van der Waals surface area contributed by atoms with Crippen LogP contribution in [0.25, 0.3) is 33.4 Å². The molecule has 3 aromatic carbocycles. The van der Waals surface area contributed by atoms with Gasteiger partial charge < -0.3 is 9.40 Å². The lowest BCUT2D eigenvalue weighted by Gasteiger charge is -2.04. The van der Waals surface area contributed by atoms with Crippen LogP contribution in [-0.4, -0.2) is 9.97 Å². The van der Waals surface area contributed by atoms with Gasteiger partial charge in [-0.1, -0.05) is 53.5 Å². The number of nitrogens with zero attached hydrogens (tertiary/aromatic N) is 2. The standard InChI is InChI=1S/C22H13Cl2N3O/c23-14-9-10-17(16(24)12-14)27-22-15(11-13-5-1-4-8-20(13)28-22)21-25-18-6-2-3-7-19(18)26-21/h1-12H,(H,25,26). The number of aromatic amines is 1. The van der Waals surface area contributed by atoms with Crippen molar-refractivity contribution in [2.45, 2.75) is 0 Å². The number of para-hydroxylation sites is 3. The van der Waals surface area contributed by atoms with Crippen molar-refractivity contribution in [3.8, 4) is 11.4 Å². The molecule has 0 saturated carbocycles. The Labute approximate surface area is 170 Å². The number of fused-ring (bicyclic) bond motifs is 2. The molecule has 0 fully saturated rings. The second kappa shape index (κ2) is 6.82. The molecule has 5 rings (SSSR count). The van der Waals surface area contributed by atoms with Gasteiger partial charge in [-0.3, -0.25) is 0 Å². The SMILES string of the molecule is Clc1ccc(N=c2oc3ccccc3cc2-c2nc3ccccc3[nH]2)c(Cl)c1. The van der Waals surface area contributed by atoms with Gasteiger partial charge in [0.25, 0.3) is 0 Å². The summed E-state index contributed by atoms with van der Waals surface area (Å²) in [6.07, 6.45) is 0. The highest BCUT2D eigenvalue weighted by Crippen LogP contribution is 2.28. The average Bonchev–Trinajstić information content (AvgIpc) is 3.13. The first-order valence-electron chi connectivity index (χ1n) is 8.65. The quantitative estimate of drug-likeness (QED) is 0.363. The highest BCUT2D eigenvalue weighted by molar-refractivity contribution is 6.36. The van der Waals surface area contributed by atoms with Gasteiger partial charge in [-0.25, -0.2) is 9.98 Å². The molecule has 0 aliphatic heterocycles. The summed E-state index contributed by atoms with van der Waals surface area (Å²) in [5, 5.41) is 1.96. The first-order valence-corrected chi connectivity index (χ1v) is 9.41. The van der Waals surface area contributed by atoms with Crippen LogP contribution in [-0.2, 0) is 0 Å². The zero-order chi connectivity index (χ0) is 19.1. The van der Waals surface area contributed by atoms with E-state index in [2.05, 4.69) is 9.98 Å². The fourth-order valence-corrected chi connectivity index (χ4v) is 3.53. The van der Waals surface area contributed by atoms with E-state index < -0.39 is 0 Å². The molecule has 28 heavy (non-hydrogen) atoms. The fraction of sp³-hybridized carbons (Fsp3) is 0. The summed E-state index contributed by atoms with van der Waals surface area (Å²) < 4.78 is 6.11. The molecular formula is C22H13Cl2N3O. The molecule has 0 bridgehead atoms. The highest BCUT2D eigenvalue weighted by atomic mass is 35.5. The lowest BCUT2D eigenvalue weighted by atomic mass is 10.2. The Kier molecular flexibility index (Phi) is 4.15. The third kappa shape index (κ3) is 3.07. The molecule has 1 N–H and O–H groups in total. The van der Waals surface area contributed by atoms with Gasteiger partial charge in [0.1, 0.15) is 11.4 Å². The van der Waals surface area contributed by atoms with Gasteiger partial charge in [0.05, 0.1) is 27.3 Å². The van der Waals surface area contributed by atoms with Crippen molar-refractivity contribution in [1.82, 2.24) is 9.97 Å². The lowest BCUT2D eigenvalue weighted by Crippen LogP contribution is -2.06. The maximum atomic E-state index is 6.32. The van der Waals surface area contributed by atoms with Gasteiger partial charge in [-0.2, -0.15) is 0 Å². The van der Waals surface area contributed by atoms with Crippen LogP contribution in [0.4, 0.5) is 5.69 Å². The third-order valence-electron chi connectivity index (χ3n) is 4.43. The number of hydrogen-bond acceptors (Lipinski definition) is 3. The number of imidazole rings is 1. The molecule has 0 atom stereocenters. The van der Waals surface area contributed by atoms with Crippen molar-refractivity contribution in [2.24, 2.45) is 4.99 Å². The zero-order valence-electron chi connectivity index (χ0n) is 14.5. The van der Waals surface area contributed by atoms with Crippen LogP contribution in [0.5, 0.6) is 0 Å². The maximum Gasteiger partial charge on any atom is 0.230 e. The number of H-pyrrole nitrogens is 1. The van der Waals surface area contributed by atoms with E-state index in [-0.39, 0.29) is 0 Å². The molecule has 2 aromatic heterocycles. The number of hydrogen-bond donors (Lipinski definition) is 1.